The van der Waals surface area contributed by atoms with Crippen LogP contribution in [0.15, 0.2) is 18.2 Å². The maximum atomic E-state index is 5.86. The summed E-state index contributed by atoms with van der Waals surface area (Å²) in [5, 5.41) is 0. The van der Waals surface area contributed by atoms with Gasteiger partial charge in [0.25, 0.3) is 0 Å². The second-order valence-electron chi connectivity index (χ2n) is 5.36. The first-order valence-corrected chi connectivity index (χ1v) is 7.07. The molecule has 1 aromatic heterocycles. The number of nitrogen functional groups attached to an aromatic ring is 1. The van der Waals surface area contributed by atoms with Crippen molar-refractivity contribution in [2.24, 2.45) is 0 Å². The topological polar surface area (TPSA) is 53.1 Å². The Labute approximate surface area is 113 Å². The van der Waals surface area contributed by atoms with Gasteiger partial charge in [-0.2, -0.15) is 0 Å². The highest BCUT2D eigenvalue weighted by molar-refractivity contribution is 5.79. The molecule has 4 heteroatoms. The summed E-state index contributed by atoms with van der Waals surface area (Å²) >= 11 is 0. The van der Waals surface area contributed by atoms with E-state index in [0.29, 0.717) is 12.1 Å². The minimum Gasteiger partial charge on any atom is -0.399 e. The Morgan fingerprint density at radius 3 is 3.05 bits per heavy atom. The molecule has 1 aromatic carbocycles. The SMILES string of the molecule is CCc1nc2cc(N)ccc2n1C1CCOC(C)C1. The van der Waals surface area contributed by atoms with E-state index in [1.807, 2.05) is 12.1 Å². The van der Waals surface area contributed by atoms with Gasteiger partial charge in [-0.15, -0.1) is 0 Å². The highest BCUT2D eigenvalue weighted by Gasteiger charge is 2.24. The number of anilines is 1. The molecule has 0 amide bonds. The molecule has 2 aromatic rings. The molecule has 1 fully saturated rings. The van der Waals surface area contributed by atoms with Gasteiger partial charge in [-0.25, -0.2) is 4.98 Å². The smallest absolute Gasteiger partial charge is 0.109 e. The maximum absolute atomic E-state index is 5.86. The molecule has 3 rings (SSSR count). The molecule has 0 aliphatic carbocycles. The summed E-state index contributed by atoms with van der Waals surface area (Å²) in [6.45, 7) is 5.14. The molecular weight excluding hydrogens is 238 g/mol. The van der Waals surface area contributed by atoms with Crippen molar-refractivity contribution < 1.29 is 4.74 Å². The van der Waals surface area contributed by atoms with Crippen LogP contribution in [0.1, 0.15) is 38.6 Å². The monoisotopic (exact) mass is 259 g/mol. The zero-order chi connectivity index (χ0) is 13.4. The van der Waals surface area contributed by atoms with Crippen LogP contribution in [0.4, 0.5) is 5.69 Å². The number of nitrogens with two attached hydrogens (primary N) is 1. The molecule has 0 saturated carbocycles. The van der Waals surface area contributed by atoms with Crippen LogP contribution in [0.2, 0.25) is 0 Å². The van der Waals surface area contributed by atoms with Crippen molar-refractivity contribution in [1.29, 1.82) is 0 Å². The van der Waals surface area contributed by atoms with E-state index in [0.717, 1.165) is 42.9 Å². The molecule has 19 heavy (non-hydrogen) atoms. The van der Waals surface area contributed by atoms with Crippen molar-refractivity contribution in [1.82, 2.24) is 9.55 Å². The van der Waals surface area contributed by atoms with Gasteiger partial charge < -0.3 is 15.0 Å². The first-order valence-electron chi connectivity index (χ1n) is 7.07. The number of hydrogen-bond acceptors (Lipinski definition) is 3. The normalized spacial score (nSPS) is 23.9. The molecule has 2 atom stereocenters. The van der Waals surface area contributed by atoms with Crippen LogP contribution in [0, 0.1) is 0 Å². The van der Waals surface area contributed by atoms with E-state index < -0.39 is 0 Å². The fourth-order valence-electron chi connectivity index (χ4n) is 3.03. The summed E-state index contributed by atoms with van der Waals surface area (Å²) in [4.78, 5) is 4.73. The minimum absolute atomic E-state index is 0.328. The highest BCUT2D eigenvalue weighted by atomic mass is 16.5. The molecule has 0 spiro atoms. The molecule has 102 valence electrons. The fraction of sp³-hybridized carbons (Fsp3) is 0.533. The summed E-state index contributed by atoms with van der Waals surface area (Å²) in [5.74, 6) is 1.15. The van der Waals surface area contributed by atoms with E-state index in [1.165, 1.54) is 5.52 Å². The van der Waals surface area contributed by atoms with E-state index >= 15 is 0 Å². The molecule has 1 saturated heterocycles. The van der Waals surface area contributed by atoms with Gasteiger partial charge in [-0.3, -0.25) is 0 Å². The van der Waals surface area contributed by atoms with Gasteiger partial charge in [-0.05, 0) is 38.0 Å². The molecule has 1 aliphatic heterocycles. The largest absolute Gasteiger partial charge is 0.399 e. The standard InChI is InChI=1S/C15H21N3O/c1-3-15-17-13-9-11(16)4-5-14(13)18(15)12-6-7-19-10(2)8-12/h4-5,9-10,12H,3,6-8,16H2,1-2H3. The van der Waals surface area contributed by atoms with Gasteiger partial charge in [-0.1, -0.05) is 6.92 Å². The van der Waals surface area contributed by atoms with Crippen LogP contribution in [-0.4, -0.2) is 22.3 Å². The molecule has 0 bridgehead atoms. The van der Waals surface area contributed by atoms with E-state index in [2.05, 4.69) is 24.5 Å². The Kier molecular flexibility index (Phi) is 3.19. The quantitative estimate of drug-likeness (QED) is 0.844. The third-order valence-corrected chi connectivity index (χ3v) is 3.93. The van der Waals surface area contributed by atoms with Crippen molar-refractivity contribution in [3.05, 3.63) is 24.0 Å². The Morgan fingerprint density at radius 1 is 1.47 bits per heavy atom. The Hall–Kier alpha value is -1.55. The number of aromatic nitrogens is 2. The average Bonchev–Trinajstić information content (AvgIpc) is 2.76. The van der Waals surface area contributed by atoms with E-state index in [1.54, 1.807) is 0 Å². The lowest BCUT2D eigenvalue weighted by Crippen LogP contribution is -2.26. The predicted molar refractivity (Wildman–Crippen MR) is 77.2 cm³/mol. The highest BCUT2D eigenvalue weighted by Crippen LogP contribution is 2.31. The average molecular weight is 259 g/mol. The van der Waals surface area contributed by atoms with Crippen molar-refractivity contribution in [3.8, 4) is 0 Å². The van der Waals surface area contributed by atoms with Gasteiger partial charge in [0.05, 0.1) is 17.1 Å². The first-order chi connectivity index (χ1) is 9.19. The Morgan fingerprint density at radius 2 is 2.32 bits per heavy atom. The third-order valence-electron chi connectivity index (χ3n) is 3.93. The van der Waals surface area contributed by atoms with Crippen LogP contribution < -0.4 is 5.73 Å². The third kappa shape index (κ3) is 2.21. The summed E-state index contributed by atoms with van der Waals surface area (Å²) in [6.07, 6.45) is 3.39. The second-order valence-corrected chi connectivity index (χ2v) is 5.36. The molecule has 4 nitrogen and oxygen atoms in total. The van der Waals surface area contributed by atoms with Crippen molar-refractivity contribution in [2.45, 2.75) is 45.3 Å². The molecule has 2 unspecified atom stereocenters. The van der Waals surface area contributed by atoms with Crippen LogP contribution >= 0.6 is 0 Å². The van der Waals surface area contributed by atoms with Gasteiger partial charge in [0.15, 0.2) is 0 Å². The number of imidazole rings is 1. The van der Waals surface area contributed by atoms with Crippen LogP contribution in [0.3, 0.4) is 0 Å². The number of ether oxygens (including phenoxy) is 1. The van der Waals surface area contributed by atoms with Crippen LogP contribution in [-0.2, 0) is 11.2 Å². The van der Waals surface area contributed by atoms with E-state index in [4.69, 9.17) is 15.5 Å². The molecule has 0 radical (unpaired) electrons. The van der Waals surface area contributed by atoms with Gasteiger partial charge >= 0.3 is 0 Å². The minimum atomic E-state index is 0.328. The molecule has 1 aliphatic rings. The lowest BCUT2D eigenvalue weighted by molar-refractivity contribution is 0.00625. The van der Waals surface area contributed by atoms with Crippen LogP contribution in [0.25, 0.3) is 11.0 Å². The summed E-state index contributed by atoms with van der Waals surface area (Å²) < 4.78 is 8.05. The van der Waals surface area contributed by atoms with Crippen molar-refractivity contribution in [2.75, 3.05) is 12.3 Å². The van der Waals surface area contributed by atoms with Crippen molar-refractivity contribution >= 4 is 16.7 Å². The first kappa shape index (κ1) is 12.5. The van der Waals surface area contributed by atoms with Gasteiger partial charge in [0, 0.05) is 24.8 Å². The van der Waals surface area contributed by atoms with Gasteiger partial charge in [0.1, 0.15) is 5.82 Å². The van der Waals surface area contributed by atoms with Gasteiger partial charge in [0.2, 0.25) is 0 Å². The second kappa shape index (κ2) is 4.85. The number of nitrogens with zero attached hydrogens (tertiary/aromatic N) is 2. The number of rotatable bonds is 2. The Bertz CT molecular complexity index is 590. The maximum Gasteiger partial charge on any atom is 0.109 e. The lowest BCUT2D eigenvalue weighted by Gasteiger charge is -2.29. The number of aryl methyl sites for hydroxylation is 1. The molecule has 2 heterocycles. The van der Waals surface area contributed by atoms with Crippen molar-refractivity contribution in [3.63, 3.8) is 0 Å². The van der Waals surface area contributed by atoms with E-state index in [9.17, 15) is 0 Å². The van der Waals surface area contributed by atoms with Crippen LogP contribution in [0.5, 0.6) is 0 Å². The number of fused-ring (bicyclic) bond motifs is 1. The molecular formula is C15H21N3O. The van der Waals surface area contributed by atoms with E-state index in [-0.39, 0.29) is 0 Å². The lowest BCUT2D eigenvalue weighted by atomic mass is 10.0. The zero-order valence-corrected chi connectivity index (χ0v) is 11.6. The zero-order valence-electron chi connectivity index (χ0n) is 11.6. The summed E-state index contributed by atoms with van der Waals surface area (Å²) in [7, 11) is 0. The summed E-state index contributed by atoms with van der Waals surface area (Å²) in [6, 6.07) is 6.51. The number of benzene rings is 1. The summed E-state index contributed by atoms with van der Waals surface area (Å²) in [5.41, 5.74) is 8.84. The molecule has 2 N–H and O–H groups in total. The predicted octanol–water partition coefficient (Wildman–Crippen LogP) is 2.92. The Balaban J connectivity index is 2.10. The fourth-order valence-corrected chi connectivity index (χ4v) is 3.03. The number of hydrogen-bond donors (Lipinski definition) is 1.